The van der Waals surface area contributed by atoms with Gasteiger partial charge in [-0.2, -0.15) is 0 Å². The summed E-state index contributed by atoms with van der Waals surface area (Å²) in [7, 11) is 0. The zero-order valence-corrected chi connectivity index (χ0v) is 13.6. The number of carbonyl (C=O) groups is 2. The maximum atomic E-state index is 11.9. The van der Waals surface area contributed by atoms with Crippen LogP contribution in [0.3, 0.4) is 0 Å². The number of nitrogens with two attached hydrogens (primary N) is 1. The van der Waals surface area contributed by atoms with Gasteiger partial charge < -0.3 is 20.3 Å². The van der Waals surface area contributed by atoms with Crippen molar-refractivity contribution < 1.29 is 24.2 Å². The van der Waals surface area contributed by atoms with Gasteiger partial charge in [0.05, 0.1) is 22.5 Å². The minimum Gasteiger partial charge on any atom is -0.452 e. The Hall–Kier alpha value is -2.64. The van der Waals surface area contributed by atoms with Crippen LogP contribution in [0, 0.1) is 0 Å². The Morgan fingerprint density at radius 3 is 2.84 bits per heavy atom. The number of pyridine rings is 1. The van der Waals surface area contributed by atoms with Crippen LogP contribution >= 0.6 is 11.6 Å². The number of aliphatic hydroxyl groups is 1. The molecule has 0 bridgehead atoms. The fourth-order valence-electron chi connectivity index (χ4n) is 3.28. The van der Waals surface area contributed by atoms with Crippen molar-refractivity contribution in [3.63, 3.8) is 0 Å². The van der Waals surface area contributed by atoms with Crippen molar-refractivity contribution in [2.75, 3.05) is 5.73 Å². The molecule has 8 heteroatoms. The van der Waals surface area contributed by atoms with Gasteiger partial charge in [-0.1, -0.05) is 11.6 Å². The second kappa shape index (κ2) is 5.44. The van der Waals surface area contributed by atoms with Crippen molar-refractivity contribution in [2.45, 2.75) is 24.7 Å². The number of aromatic nitrogens is 1. The smallest absolute Gasteiger partial charge is 0.333 e. The van der Waals surface area contributed by atoms with E-state index < -0.39 is 23.8 Å². The maximum Gasteiger partial charge on any atom is 0.333 e. The first-order valence-corrected chi connectivity index (χ1v) is 7.98. The van der Waals surface area contributed by atoms with Crippen molar-refractivity contribution in [3.05, 3.63) is 46.6 Å². The standard InChI is InChI=1S/C17H13ClN2O5/c18-8-1-2-10-9(7-8)16(19)15-11(20-10)3-4-12-17(15,23)25-14(22)6-5-13(21)24-12/h1-2,5-7,12,23H,3-4H2,(H2,19,20)/b6-5-. The third kappa shape index (κ3) is 2.43. The molecule has 2 aromatic rings. The molecule has 2 heterocycles. The molecule has 1 aromatic heterocycles. The molecule has 128 valence electrons. The van der Waals surface area contributed by atoms with Crippen molar-refractivity contribution in [1.82, 2.24) is 4.98 Å². The Balaban J connectivity index is 1.98. The first kappa shape index (κ1) is 15.9. The zero-order valence-electron chi connectivity index (χ0n) is 12.9. The highest BCUT2D eigenvalue weighted by Crippen LogP contribution is 2.44. The number of aryl methyl sites for hydroxylation is 1. The predicted octanol–water partition coefficient (Wildman–Crippen LogP) is 1.59. The van der Waals surface area contributed by atoms with Gasteiger partial charge >= 0.3 is 11.9 Å². The molecule has 1 aromatic carbocycles. The third-order valence-corrected chi connectivity index (χ3v) is 4.61. The molecular weight excluding hydrogens is 348 g/mol. The van der Waals surface area contributed by atoms with Gasteiger partial charge in [0.2, 0.25) is 0 Å². The molecule has 7 nitrogen and oxygen atoms in total. The number of halogens is 1. The van der Waals surface area contributed by atoms with E-state index in [2.05, 4.69) is 4.98 Å². The van der Waals surface area contributed by atoms with E-state index in [0.29, 0.717) is 28.0 Å². The number of carbonyl (C=O) groups excluding carboxylic acids is 2. The van der Waals surface area contributed by atoms with Gasteiger partial charge in [-0.25, -0.2) is 9.59 Å². The van der Waals surface area contributed by atoms with Crippen LogP contribution < -0.4 is 5.73 Å². The Kier molecular flexibility index (Phi) is 3.45. The maximum absolute atomic E-state index is 11.9. The van der Waals surface area contributed by atoms with Gasteiger partial charge in [-0.3, -0.25) is 4.98 Å². The van der Waals surface area contributed by atoms with E-state index in [4.69, 9.17) is 26.8 Å². The number of hydrogen-bond donors (Lipinski definition) is 2. The summed E-state index contributed by atoms with van der Waals surface area (Å²) in [6, 6.07) is 5.02. The van der Waals surface area contributed by atoms with Crippen LogP contribution in [-0.4, -0.2) is 28.1 Å². The highest BCUT2D eigenvalue weighted by molar-refractivity contribution is 6.31. The van der Waals surface area contributed by atoms with Gasteiger partial charge in [0.1, 0.15) is 0 Å². The Morgan fingerprint density at radius 1 is 1.28 bits per heavy atom. The van der Waals surface area contributed by atoms with Crippen LogP contribution in [0.2, 0.25) is 5.02 Å². The molecule has 1 aliphatic heterocycles. The van der Waals surface area contributed by atoms with Crippen LogP contribution in [0.4, 0.5) is 5.69 Å². The summed E-state index contributed by atoms with van der Waals surface area (Å²) in [5.41, 5.74) is 7.67. The average molecular weight is 361 g/mol. The summed E-state index contributed by atoms with van der Waals surface area (Å²) >= 11 is 6.03. The topological polar surface area (TPSA) is 112 Å². The normalized spacial score (nSPS) is 26.7. The van der Waals surface area contributed by atoms with Gasteiger partial charge in [-0.15, -0.1) is 0 Å². The number of hydrogen-bond acceptors (Lipinski definition) is 7. The van der Waals surface area contributed by atoms with Gasteiger partial charge in [0, 0.05) is 22.6 Å². The number of rotatable bonds is 0. The van der Waals surface area contributed by atoms with Crippen molar-refractivity contribution >= 4 is 40.1 Å². The molecule has 4 rings (SSSR count). The van der Waals surface area contributed by atoms with Crippen molar-refractivity contribution in [1.29, 1.82) is 0 Å². The Bertz CT molecular complexity index is 958. The predicted molar refractivity (Wildman–Crippen MR) is 88.5 cm³/mol. The highest BCUT2D eigenvalue weighted by Gasteiger charge is 2.51. The summed E-state index contributed by atoms with van der Waals surface area (Å²) in [5.74, 6) is -3.82. The number of nitrogens with zero attached hydrogens (tertiary/aromatic N) is 1. The van der Waals surface area contributed by atoms with E-state index in [1.165, 1.54) is 0 Å². The van der Waals surface area contributed by atoms with Crippen molar-refractivity contribution in [3.8, 4) is 0 Å². The van der Waals surface area contributed by atoms with Crippen molar-refractivity contribution in [2.24, 2.45) is 0 Å². The highest BCUT2D eigenvalue weighted by atomic mass is 35.5. The van der Waals surface area contributed by atoms with E-state index in [0.717, 1.165) is 12.2 Å². The van der Waals surface area contributed by atoms with Crippen LogP contribution in [-0.2, 0) is 31.3 Å². The van der Waals surface area contributed by atoms with Crippen LogP contribution in [0.25, 0.3) is 10.9 Å². The molecule has 3 N–H and O–H groups in total. The van der Waals surface area contributed by atoms with E-state index >= 15 is 0 Å². The molecule has 2 atom stereocenters. The lowest BCUT2D eigenvalue weighted by Crippen LogP contribution is -2.50. The lowest BCUT2D eigenvalue weighted by Gasteiger charge is -2.40. The van der Waals surface area contributed by atoms with E-state index in [-0.39, 0.29) is 17.7 Å². The first-order chi connectivity index (χ1) is 11.9. The molecule has 25 heavy (non-hydrogen) atoms. The van der Waals surface area contributed by atoms with Gasteiger partial charge in [0.25, 0.3) is 5.79 Å². The quantitative estimate of drug-likeness (QED) is 0.686. The molecule has 1 aliphatic carbocycles. The lowest BCUT2D eigenvalue weighted by molar-refractivity contribution is -0.262. The zero-order chi connectivity index (χ0) is 17.8. The van der Waals surface area contributed by atoms with Crippen LogP contribution in [0.5, 0.6) is 0 Å². The number of anilines is 1. The lowest BCUT2D eigenvalue weighted by atomic mass is 9.85. The summed E-state index contributed by atoms with van der Waals surface area (Å²) in [6.07, 6.45) is 1.41. The number of benzene rings is 1. The molecule has 0 saturated heterocycles. The van der Waals surface area contributed by atoms with Crippen LogP contribution in [0.1, 0.15) is 17.7 Å². The fraction of sp³-hybridized carbons (Fsp3) is 0.235. The van der Waals surface area contributed by atoms with E-state index in [1.54, 1.807) is 18.2 Å². The molecule has 2 unspecified atom stereocenters. The van der Waals surface area contributed by atoms with Crippen LogP contribution in [0.15, 0.2) is 30.4 Å². The number of nitrogen functional groups attached to an aromatic ring is 1. The molecule has 0 radical (unpaired) electrons. The minimum absolute atomic E-state index is 0.134. The first-order valence-electron chi connectivity index (χ1n) is 7.60. The number of fused-ring (bicyclic) bond motifs is 4. The monoisotopic (exact) mass is 360 g/mol. The summed E-state index contributed by atoms with van der Waals surface area (Å²) < 4.78 is 10.4. The molecular formula is C17H13ClN2O5. The second-order valence-electron chi connectivity index (χ2n) is 5.92. The SMILES string of the molecule is Nc1c2c(nc3ccc(Cl)cc13)CCC1OC(=O)/C=C\C(=O)OC21O. The summed E-state index contributed by atoms with van der Waals surface area (Å²) in [5, 5.41) is 12.1. The largest absolute Gasteiger partial charge is 0.452 e. The fourth-order valence-corrected chi connectivity index (χ4v) is 3.45. The third-order valence-electron chi connectivity index (χ3n) is 4.37. The molecule has 2 aliphatic rings. The summed E-state index contributed by atoms with van der Waals surface area (Å²) in [4.78, 5) is 28.2. The number of ether oxygens (including phenoxy) is 2. The molecule has 0 spiro atoms. The second-order valence-corrected chi connectivity index (χ2v) is 6.36. The van der Waals surface area contributed by atoms with Gasteiger partial charge in [0.15, 0.2) is 6.10 Å². The molecule has 0 amide bonds. The Morgan fingerprint density at radius 2 is 2.04 bits per heavy atom. The van der Waals surface area contributed by atoms with E-state index in [9.17, 15) is 14.7 Å². The number of esters is 2. The molecule has 0 saturated carbocycles. The van der Waals surface area contributed by atoms with E-state index in [1.807, 2.05) is 0 Å². The minimum atomic E-state index is -2.21. The average Bonchev–Trinajstić information content (AvgIpc) is 2.55. The Labute approximate surface area is 147 Å². The van der Waals surface area contributed by atoms with Gasteiger partial charge in [-0.05, 0) is 31.0 Å². The summed E-state index contributed by atoms with van der Waals surface area (Å²) in [6.45, 7) is 0. The molecule has 0 fully saturated rings.